The van der Waals surface area contributed by atoms with Gasteiger partial charge in [0.2, 0.25) is 0 Å². The minimum absolute atomic E-state index is 0.0945. The number of imidazole rings is 1. The van der Waals surface area contributed by atoms with Gasteiger partial charge in [-0.05, 0) is 37.7 Å². The van der Waals surface area contributed by atoms with Gasteiger partial charge in [-0.1, -0.05) is 18.3 Å². The van der Waals surface area contributed by atoms with Crippen molar-refractivity contribution in [2.24, 2.45) is 0 Å². The lowest BCUT2D eigenvalue weighted by molar-refractivity contribution is 0.0647. The highest BCUT2D eigenvalue weighted by molar-refractivity contribution is 7.19. The number of nitrogens with zero attached hydrogens (tertiary/aromatic N) is 4. The van der Waals surface area contributed by atoms with Gasteiger partial charge in [-0.3, -0.25) is 9.20 Å². The van der Waals surface area contributed by atoms with Gasteiger partial charge < -0.3 is 9.80 Å². The molecule has 0 saturated carbocycles. The first-order chi connectivity index (χ1) is 12.6. The summed E-state index contributed by atoms with van der Waals surface area (Å²) in [7, 11) is 0. The van der Waals surface area contributed by atoms with Gasteiger partial charge in [-0.15, -0.1) is 0 Å². The van der Waals surface area contributed by atoms with Crippen LogP contribution in [0.1, 0.15) is 22.3 Å². The highest BCUT2D eigenvalue weighted by atomic mass is 32.1. The zero-order valence-corrected chi connectivity index (χ0v) is 15.7. The normalized spacial score (nSPS) is 15.7. The second kappa shape index (κ2) is 6.81. The topological polar surface area (TPSA) is 40.8 Å². The lowest BCUT2D eigenvalue weighted by Crippen LogP contribution is -2.48. The highest BCUT2D eigenvalue weighted by Gasteiger charge is 2.25. The average Bonchev–Trinajstić information content (AvgIpc) is 3.21. The van der Waals surface area contributed by atoms with Crippen molar-refractivity contribution in [3.8, 4) is 11.3 Å². The molecule has 4 rings (SSSR count). The fraction of sp³-hybridized carbons (Fsp3) is 0.368. The average molecular weight is 372 g/mol. The molecule has 1 saturated heterocycles. The Morgan fingerprint density at radius 2 is 1.88 bits per heavy atom. The molecule has 3 heterocycles. The molecule has 0 bridgehead atoms. The standard InChI is InChI=1S/C19H21FN4OS/c1-3-22-8-10-23(11-9-22)18(25)17-13(2)24-12-16(21-19(24)26-17)14-4-6-15(20)7-5-14/h4-7,12H,3,8-11H2,1-2H3. The van der Waals surface area contributed by atoms with E-state index in [-0.39, 0.29) is 11.7 Å². The number of hydrogen-bond donors (Lipinski definition) is 0. The number of thiazole rings is 1. The van der Waals surface area contributed by atoms with Crippen molar-refractivity contribution >= 4 is 22.2 Å². The van der Waals surface area contributed by atoms with E-state index >= 15 is 0 Å². The summed E-state index contributed by atoms with van der Waals surface area (Å²) in [5, 5.41) is 0. The van der Waals surface area contributed by atoms with Crippen LogP contribution in [0.4, 0.5) is 4.39 Å². The molecule has 1 fully saturated rings. The van der Waals surface area contributed by atoms with E-state index in [1.54, 1.807) is 12.1 Å². The number of hydrogen-bond acceptors (Lipinski definition) is 4. The van der Waals surface area contributed by atoms with E-state index in [4.69, 9.17) is 0 Å². The van der Waals surface area contributed by atoms with E-state index in [9.17, 15) is 9.18 Å². The molecule has 0 radical (unpaired) electrons. The van der Waals surface area contributed by atoms with Crippen molar-refractivity contribution in [1.29, 1.82) is 0 Å². The van der Waals surface area contributed by atoms with E-state index in [0.717, 1.165) is 59.5 Å². The summed E-state index contributed by atoms with van der Waals surface area (Å²) in [6.07, 6.45) is 1.92. The van der Waals surface area contributed by atoms with Crippen LogP contribution in [0.15, 0.2) is 30.5 Å². The van der Waals surface area contributed by atoms with Gasteiger partial charge in [0.15, 0.2) is 4.96 Å². The fourth-order valence-electron chi connectivity index (χ4n) is 3.32. The number of halogens is 1. The summed E-state index contributed by atoms with van der Waals surface area (Å²) in [4.78, 5) is 23.4. The molecule has 1 amide bonds. The van der Waals surface area contributed by atoms with Gasteiger partial charge in [0.25, 0.3) is 5.91 Å². The number of carbonyl (C=O) groups is 1. The van der Waals surface area contributed by atoms with Gasteiger partial charge in [0.05, 0.1) is 5.69 Å². The van der Waals surface area contributed by atoms with Crippen molar-refractivity contribution in [3.05, 3.63) is 46.9 Å². The van der Waals surface area contributed by atoms with Crippen LogP contribution < -0.4 is 0 Å². The first-order valence-corrected chi connectivity index (χ1v) is 9.64. The second-order valence-corrected chi connectivity index (χ2v) is 7.51. The number of aromatic nitrogens is 2. The molecule has 136 valence electrons. The Morgan fingerprint density at radius 1 is 1.19 bits per heavy atom. The summed E-state index contributed by atoms with van der Waals surface area (Å²) < 4.78 is 15.1. The Bertz CT molecular complexity index is 939. The number of piperazine rings is 1. The lowest BCUT2D eigenvalue weighted by atomic mass is 10.2. The molecular formula is C19H21FN4OS. The summed E-state index contributed by atoms with van der Waals surface area (Å²) in [5.41, 5.74) is 2.56. The molecule has 2 aromatic heterocycles. The van der Waals surface area contributed by atoms with E-state index in [1.807, 2.05) is 22.4 Å². The van der Waals surface area contributed by atoms with Crippen LogP contribution in [0.25, 0.3) is 16.2 Å². The monoisotopic (exact) mass is 372 g/mol. The number of likely N-dealkylation sites (N-methyl/N-ethyl adjacent to an activating group) is 1. The van der Waals surface area contributed by atoms with E-state index in [2.05, 4.69) is 16.8 Å². The molecule has 26 heavy (non-hydrogen) atoms. The Labute approximate surface area is 155 Å². The minimum atomic E-state index is -0.262. The zero-order valence-electron chi connectivity index (χ0n) is 14.9. The first kappa shape index (κ1) is 17.2. The SMILES string of the molecule is CCN1CCN(C(=O)c2sc3nc(-c4ccc(F)cc4)cn3c2C)CC1. The Hall–Kier alpha value is -2.25. The summed E-state index contributed by atoms with van der Waals surface area (Å²) >= 11 is 1.42. The van der Waals surface area contributed by atoms with Crippen LogP contribution in [-0.4, -0.2) is 57.8 Å². The van der Waals surface area contributed by atoms with E-state index in [1.165, 1.54) is 23.5 Å². The van der Waals surface area contributed by atoms with Gasteiger partial charge in [-0.2, -0.15) is 0 Å². The van der Waals surface area contributed by atoms with Crippen molar-refractivity contribution in [2.75, 3.05) is 32.7 Å². The quantitative estimate of drug-likeness (QED) is 0.708. The molecule has 1 aliphatic rings. The van der Waals surface area contributed by atoms with Crippen LogP contribution in [0, 0.1) is 12.7 Å². The predicted octanol–water partition coefficient (Wildman–Crippen LogP) is 3.29. The lowest BCUT2D eigenvalue weighted by Gasteiger charge is -2.33. The van der Waals surface area contributed by atoms with Crippen LogP contribution in [0.5, 0.6) is 0 Å². The number of fused-ring (bicyclic) bond motifs is 1. The van der Waals surface area contributed by atoms with Crippen LogP contribution in [0.2, 0.25) is 0 Å². The maximum atomic E-state index is 13.1. The van der Waals surface area contributed by atoms with Crippen molar-refractivity contribution in [1.82, 2.24) is 19.2 Å². The van der Waals surface area contributed by atoms with E-state index in [0.29, 0.717) is 0 Å². The van der Waals surface area contributed by atoms with Gasteiger partial charge in [0.1, 0.15) is 10.7 Å². The Kier molecular flexibility index (Phi) is 4.50. The zero-order chi connectivity index (χ0) is 18.3. The number of amides is 1. The smallest absolute Gasteiger partial charge is 0.265 e. The van der Waals surface area contributed by atoms with Crippen molar-refractivity contribution in [2.45, 2.75) is 13.8 Å². The molecule has 1 aliphatic heterocycles. The molecule has 0 N–H and O–H groups in total. The third kappa shape index (κ3) is 3.01. The third-order valence-electron chi connectivity index (χ3n) is 5.00. The van der Waals surface area contributed by atoms with Gasteiger partial charge >= 0.3 is 0 Å². The number of benzene rings is 1. The Balaban J connectivity index is 1.59. The van der Waals surface area contributed by atoms with Gasteiger partial charge in [-0.25, -0.2) is 9.37 Å². The number of carbonyl (C=O) groups excluding carboxylic acids is 1. The minimum Gasteiger partial charge on any atom is -0.335 e. The summed E-state index contributed by atoms with van der Waals surface area (Å²) in [5.74, 6) is -0.168. The molecule has 0 spiro atoms. The van der Waals surface area contributed by atoms with Gasteiger partial charge in [0, 0.05) is 43.6 Å². The number of rotatable bonds is 3. The molecule has 5 nitrogen and oxygen atoms in total. The van der Waals surface area contributed by atoms with Crippen LogP contribution in [0.3, 0.4) is 0 Å². The first-order valence-electron chi connectivity index (χ1n) is 8.83. The van der Waals surface area contributed by atoms with Crippen molar-refractivity contribution < 1.29 is 9.18 Å². The number of aryl methyl sites for hydroxylation is 1. The Morgan fingerprint density at radius 3 is 2.50 bits per heavy atom. The molecular weight excluding hydrogens is 351 g/mol. The molecule has 3 aromatic rings. The molecule has 0 aliphatic carbocycles. The van der Waals surface area contributed by atoms with Crippen molar-refractivity contribution in [3.63, 3.8) is 0 Å². The molecule has 7 heteroatoms. The predicted molar refractivity (Wildman–Crippen MR) is 101 cm³/mol. The summed E-state index contributed by atoms with van der Waals surface area (Å²) in [6.45, 7) is 8.53. The van der Waals surface area contributed by atoms with Crippen LogP contribution >= 0.6 is 11.3 Å². The summed E-state index contributed by atoms with van der Waals surface area (Å²) in [6, 6.07) is 6.30. The maximum Gasteiger partial charge on any atom is 0.265 e. The molecule has 0 atom stereocenters. The molecule has 1 aromatic carbocycles. The third-order valence-corrected chi connectivity index (χ3v) is 6.14. The largest absolute Gasteiger partial charge is 0.335 e. The molecule has 0 unspecified atom stereocenters. The second-order valence-electron chi connectivity index (χ2n) is 6.53. The van der Waals surface area contributed by atoms with E-state index < -0.39 is 0 Å². The highest BCUT2D eigenvalue weighted by Crippen LogP contribution is 2.28. The fourth-order valence-corrected chi connectivity index (χ4v) is 4.40. The van der Waals surface area contributed by atoms with Crippen LogP contribution in [-0.2, 0) is 0 Å². The maximum absolute atomic E-state index is 13.1.